The number of carbonyl (C=O) groups excluding carboxylic acids is 1. The number of nitrogens with one attached hydrogen (secondary N) is 3. The highest BCUT2D eigenvalue weighted by molar-refractivity contribution is 5.95. The summed E-state index contributed by atoms with van der Waals surface area (Å²) in [6, 6.07) is 11.9. The number of rotatable bonds is 9. The quantitative estimate of drug-likeness (QED) is 0.157. The minimum atomic E-state index is -0.917. The zero-order valence-corrected chi connectivity index (χ0v) is 19.2. The predicted molar refractivity (Wildman–Crippen MR) is 129 cm³/mol. The molecule has 1 unspecified atom stereocenters. The molecule has 4 aromatic rings. The summed E-state index contributed by atoms with van der Waals surface area (Å²) in [5, 5.41) is 15.1. The molecule has 0 saturated heterocycles. The van der Waals surface area contributed by atoms with Crippen molar-refractivity contribution in [1.82, 2.24) is 24.7 Å². The molecule has 12 heteroatoms. The predicted octanol–water partition coefficient (Wildman–Crippen LogP) is 2.08. The number of nitrogens with zero attached hydrogens (tertiary/aromatic N) is 4. The van der Waals surface area contributed by atoms with Crippen LogP contribution in [-0.4, -0.2) is 43.1 Å². The SMILES string of the molecule is CC(=O)OCCc1ccc(F)c(C(Nc2ccc(C(=N)N)cc2)c2nn(-c3ncccn3)c(=O)[nH]2)c1. The lowest BCUT2D eigenvalue weighted by Crippen LogP contribution is -2.18. The Morgan fingerprint density at radius 2 is 1.94 bits per heavy atom. The Bertz CT molecular complexity index is 1430. The van der Waals surface area contributed by atoms with E-state index in [-0.39, 0.29) is 29.8 Å². The number of aromatic amines is 1. The second-order valence-corrected chi connectivity index (χ2v) is 7.79. The molecule has 0 aliphatic heterocycles. The number of anilines is 1. The Morgan fingerprint density at radius 3 is 2.61 bits per heavy atom. The van der Waals surface area contributed by atoms with E-state index >= 15 is 4.39 Å². The molecule has 0 amide bonds. The summed E-state index contributed by atoms with van der Waals surface area (Å²) in [5.41, 5.74) is 6.96. The number of nitrogen functional groups attached to an aromatic ring is 1. The first-order valence-electron chi connectivity index (χ1n) is 10.9. The molecule has 0 spiro atoms. The third-order valence-corrected chi connectivity index (χ3v) is 5.22. The number of H-pyrrole nitrogens is 1. The van der Waals surface area contributed by atoms with Crippen molar-refractivity contribution in [3.05, 3.63) is 99.7 Å². The van der Waals surface area contributed by atoms with E-state index < -0.39 is 23.5 Å². The molecule has 36 heavy (non-hydrogen) atoms. The van der Waals surface area contributed by atoms with Gasteiger partial charge in [-0.2, -0.15) is 0 Å². The summed E-state index contributed by atoms with van der Waals surface area (Å²) in [4.78, 5) is 34.5. The molecule has 1 atom stereocenters. The van der Waals surface area contributed by atoms with Crippen LogP contribution in [0.15, 0.2) is 65.7 Å². The second kappa shape index (κ2) is 10.6. The molecule has 4 rings (SSSR count). The van der Waals surface area contributed by atoms with Crippen molar-refractivity contribution >= 4 is 17.5 Å². The monoisotopic (exact) mass is 490 g/mol. The fourth-order valence-electron chi connectivity index (χ4n) is 3.50. The van der Waals surface area contributed by atoms with Gasteiger partial charge in [-0.05, 0) is 42.0 Å². The van der Waals surface area contributed by atoms with E-state index in [9.17, 15) is 9.59 Å². The molecule has 0 aliphatic rings. The lowest BCUT2D eigenvalue weighted by atomic mass is 10.0. The summed E-state index contributed by atoms with van der Waals surface area (Å²) < 4.78 is 21.1. The van der Waals surface area contributed by atoms with Gasteiger partial charge in [-0.3, -0.25) is 15.2 Å². The molecular formula is C24H23FN8O3. The average Bonchev–Trinajstić information content (AvgIpc) is 3.25. The minimum Gasteiger partial charge on any atom is -0.466 e. The number of aromatic nitrogens is 5. The van der Waals surface area contributed by atoms with Gasteiger partial charge in [0.15, 0.2) is 5.82 Å². The topological polar surface area (TPSA) is 165 Å². The maximum Gasteiger partial charge on any atom is 0.350 e. The number of amidine groups is 1. The van der Waals surface area contributed by atoms with Crippen molar-refractivity contribution in [2.24, 2.45) is 5.73 Å². The van der Waals surface area contributed by atoms with Crippen LogP contribution >= 0.6 is 0 Å². The van der Waals surface area contributed by atoms with Crippen LogP contribution in [0.3, 0.4) is 0 Å². The number of benzene rings is 2. The van der Waals surface area contributed by atoms with Gasteiger partial charge >= 0.3 is 11.7 Å². The first-order valence-corrected chi connectivity index (χ1v) is 10.9. The number of esters is 1. The highest BCUT2D eigenvalue weighted by atomic mass is 19.1. The largest absolute Gasteiger partial charge is 0.466 e. The highest BCUT2D eigenvalue weighted by Crippen LogP contribution is 2.28. The normalized spacial score (nSPS) is 11.6. The molecule has 2 heterocycles. The van der Waals surface area contributed by atoms with Crippen molar-refractivity contribution < 1.29 is 13.9 Å². The zero-order chi connectivity index (χ0) is 25.7. The van der Waals surface area contributed by atoms with Gasteiger partial charge in [0.2, 0.25) is 0 Å². The Kier molecular flexibility index (Phi) is 7.14. The Hall–Kier alpha value is -4.87. The number of halogens is 1. The van der Waals surface area contributed by atoms with Crippen LogP contribution in [0, 0.1) is 11.2 Å². The first-order chi connectivity index (χ1) is 17.3. The molecule has 2 aromatic carbocycles. The maximum absolute atomic E-state index is 15.1. The van der Waals surface area contributed by atoms with Gasteiger partial charge in [0.05, 0.1) is 6.61 Å². The average molecular weight is 490 g/mol. The van der Waals surface area contributed by atoms with Crippen LogP contribution in [0.5, 0.6) is 0 Å². The molecule has 0 saturated carbocycles. The van der Waals surface area contributed by atoms with Gasteiger partial charge in [-0.25, -0.2) is 19.2 Å². The Morgan fingerprint density at radius 1 is 1.22 bits per heavy atom. The van der Waals surface area contributed by atoms with Gasteiger partial charge in [0.25, 0.3) is 5.95 Å². The van der Waals surface area contributed by atoms with E-state index in [2.05, 4.69) is 25.4 Å². The van der Waals surface area contributed by atoms with E-state index in [1.807, 2.05) is 0 Å². The molecule has 2 aromatic heterocycles. The van der Waals surface area contributed by atoms with Gasteiger partial charge in [0, 0.05) is 42.6 Å². The van der Waals surface area contributed by atoms with E-state index in [1.165, 1.54) is 25.4 Å². The summed E-state index contributed by atoms with van der Waals surface area (Å²) in [7, 11) is 0. The third kappa shape index (κ3) is 5.60. The van der Waals surface area contributed by atoms with Crippen LogP contribution in [0.4, 0.5) is 10.1 Å². The van der Waals surface area contributed by atoms with Crippen molar-refractivity contribution in [2.45, 2.75) is 19.4 Å². The van der Waals surface area contributed by atoms with Crippen LogP contribution in [-0.2, 0) is 16.0 Å². The van der Waals surface area contributed by atoms with E-state index in [1.54, 1.807) is 42.5 Å². The van der Waals surface area contributed by atoms with Gasteiger partial charge in [-0.15, -0.1) is 9.78 Å². The first kappa shape index (κ1) is 24.3. The third-order valence-electron chi connectivity index (χ3n) is 5.22. The Balaban J connectivity index is 1.74. The zero-order valence-electron chi connectivity index (χ0n) is 19.2. The van der Waals surface area contributed by atoms with Crippen molar-refractivity contribution in [1.29, 1.82) is 5.41 Å². The molecule has 0 fully saturated rings. The number of nitrogens with two attached hydrogens (primary N) is 1. The number of carbonyl (C=O) groups is 1. The summed E-state index contributed by atoms with van der Waals surface area (Å²) in [6.07, 6.45) is 3.32. The number of hydrogen-bond donors (Lipinski definition) is 4. The highest BCUT2D eigenvalue weighted by Gasteiger charge is 2.24. The van der Waals surface area contributed by atoms with E-state index in [4.69, 9.17) is 15.9 Å². The molecule has 0 radical (unpaired) electrons. The van der Waals surface area contributed by atoms with Crippen LogP contribution in [0.2, 0.25) is 0 Å². The Labute approximate surface area is 204 Å². The molecule has 11 nitrogen and oxygen atoms in total. The maximum atomic E-state index is 15.1. The van der Waals surface area contributed by atoms with Crippen LogP contribution in [0.25, 0.3) is 5.95 Å². The van der Waals surface area contributed by atoms with Crippen molar-refractivity contribution in [3.63, 3.8) is 0 Å². The van der Waals surface area contributed by atoms with Crippen molar-refractivity contribution in [3.8, 4) is 5.95 Å². The molecule has 5 N–H and O–H groups in total. The van der Waals surface area contributed by atoms with Gasteiger partial charge < -0.3 is 15.8 Å². The van der Waals surface area contributed by atoms with Gasteiger partial charge in [0.1, 0.15) is 17.7 Å². The minimum absolute atomic E-state index is 0.0603. The number of ether oxygens (including phenoxy) is 1. The summed E-state index contributed by atoms with van der Waals surface area (Å²) in [5.74, 6) is -0.840. The smallest absolute Gasteiger partial charge is 0.350 e. The summed E-state index contributed by atoms with van der Waals surface area (Å²) >= 11 is 0. The molecular weight excluding hydrogens is 467 g/mol. The molecule has 184 valence electrons. The lowest BCUT2D eigenvalue weighted by Gasteiger charge is -2.20. The standard InChI is InChI=1S/C24H23FN8O3/c1-14(34)36-12-9-15-3-8-19(25)18(13-15)20(30-17-6-4-16(5-7-17)21(26)27)22-31-24(35)33(32-22)23-28-10-2-11-29-23/h2-8,10-11,13,20,30H,9,12H2,1H3,(H3,26,27)(H,31,32,35). The lowest BCUT2D eigenvalue weighted by molar-refractivity contribution is -0.140. The summed E-state index contributed by atoms with van der Waals surface area (Å²) in [6.45, 7) is 1.46. The molecule has 0 aliphatic carbocycles. The number of hydrogen-bond acceptors (Lipinski definition) is 8. The van der Waals surface area contributed by atoms with Gasteiger partial charge in [-0.1, -0.05) is 12.1 Å². The molecule has 0 bridgehead atoms. The fraction of sp³-hybridized carbons (Fsp3) is 0.167. The fourth-order valence-corrected chi connectivity index (χ4v) is 3.50. The van der Waals surface area contributed by atoms with Crippen LogP contribution in [0.1, 0.15) is 35.5 Å². The van der Waals surface area contributed by atoms with E-state index in [0.717, 1.165) is 10.2 Å². The second-order valence-electron chi connectivity index (χ2n) is 7.79. The van der Waals surface area contributed by atoms with Crippen LogP contribution < -0.4 is 16.7 Å². The van der Waals surface area contributed by atoms with Crippen molar-refractivity contribution in [2.75, 3.05) is 11.9 Å². The van der Waals surface area contributed by atoms with E-state index in [0.29, 0.717) is 17.7 Å².